The predicted molar refractivity (Wildman–Crippen MR) is 126 cm³/mol. The molecule has 1 N–H and O–H groups in total. The van der Waals surface area contributed by atoms with E-state index in [0.29, 0.717) is 23.5 Å². The molecule has 2 unspecified atom stereocenters. The largest absolute Gasteiger partial charge is 0.387 e. The number of fused-ring (bicyclic) bond motifs is 8. The normalized spacial score (nSPS) is 46.9. The molecule has 2 heterocycles. The van der Waals surface area contributed by atoms with E-state index in [9.17, 15) is 9.90 Å². The quantitative estimate of drug-likeness (QED) is 0.743. The third-order valence-electron chi connectivity index (χ3n) is 11.2. The Balaban J connectivity index is 1.08. The van der Waals surface area contributed by atoms with Gasteiger partial charge in [0.1, 0.15) is 17.6 Å². The van der Waals surface area contributed by atoms with E-state index in [2.05, 4.69) is 22.1 Å². The number of methoxy groups -OCH3 is 1. The number of rotatable bonds is 4. The van der Waals surface area contributed by atoms with Crippen LogP contribution in [0.5, 0.6) is 0 Å². The summed E-state index contributed by atoms with van der Waals surface area (Å²) in [7, 11) is 1.77. The van der Waals surface area contributed by atoms with Crippen molar-refractivity contribution >= 4 is 16.8 Å². The number of carbonyl (C=O) groups excluding carboxylic acids is 1. The SMILES string of the molecule is COC1C2[C@@H]3CC[C@@H]4[C@H](CC[C@]5(C)[C@@H](C(=O)Cn6nc7ccncc7n6)CC[C@@H]45)[C@H]3CC[C@]12O. The smallest absolute Gasteiger partial charge is 0.159 e. The molecule has 0 aromatic carbocycles. The average molecular weight is 465 g/mol. The van der Waals surface area contributed by atoms with Crippen LogP contribution in [0.1, 0.15) is 58.3 Å². The van der Waals surface area contributed by atoms with Gasteiger partial charge in [0.15, 0.2) is 5.78 Å². The Morgan fingerprint density at radius 1 is 1.06 bits per heavy atom. The fourth-order valence-electron chi connectivity index (χ4n) is 9.79. The van der Waals surface area contributed by atoms with Crippen molar-refractivity contribution in [3.63, 3.8) is 0 Å². The second kappa shape index (κ2) is 7.33. The van der Waals surface area contributed by atoms with Crippen molar-refractivity contribution in [1.82, 2.24) is 20.0 Å². The molecule has 7 heteroatoms. The molecular formula is C27H36N4O3. The Morgan fingerprint density at radius 2 is 1.82 bits per heavy atom. The Hall–Kier alpha value is -1.86. The molecular weight excluding hydrogens is 428 g/mol. The van der Waals surface area contributed by atoms with Gasteiger partial charge in [-0.3, -0.25) is 9.78 Å². The number of aromatic nitrogens is 4. The molecule has 0 bridgehead atoms. The van der Waals surface area contributed by atoms with Gasteiger partial charge in [0.2, 0.25) is 0 Å². The minimum atomic E-state index is -0.543. The van der Waals surface area contributed by atoms with E-state index >= 15 is 0 Å². The maximum absolute atomic E-state index is 13.5. The molecule has 5 saturated carbocycles. The number of nitrogens with zero attached hydrogens (tertiary/aromatic N) is 4. The van der Waals surface area contributed by atoms with Crippen LogP contribution in [0.25, 0.3) is 11.0 Å². The highest BCUT2D eigenvalue weighted by molar-refractivity contribution is 5.82. The van der Waals surface area contributed by atoms with Crippen LogP contribution in [0.2, 0.25) is 0 Å². The summed E-state index contributed by atoms with van der Waals surface area (Å²) in [5.41, 5.74) is 1.09. The third kappa shape index (κ3) is 2.83. The topological polar surface area (TPSA) is 90.1 Å². The molecule has 5 aliphatic carbocycles. The summed E-state index contributed by atoms with van der Waals surface area (Å²) in [6.07, 6.45) is 12.6. The fourth-order valence-corrected chi connectivity index (χ4v) is 9.79. The van der Waals surface area contributed by atoms with Crippen LogP contribution in [0, 0.1) is 46.8 Å². The third-order valence-corrected chi connectivity index (χ3v) is 11.2. The standard InChI is InChI=1S/C27H36N4O3/c1-26-10-7-15-16-8-11-27(33)24(25(27)34-2)18(16)4-3-17(15)19(26)5-6-20(26)23(32)14-31-29-21-9-12-28-13-22(21)30-31/h9,12-13,15-20,24-25,33H,3-8,10-11,14H2,1-2H3/t15-,16-,17-,18-,19+,20-,24?,25?,26+,27-/m1/s1. The molecule has 5 aliphatic rings. The summed E-state index contributed by atoms with van der Waals surface area (Å²) in [6, 6.07) is 1.84. The van der Waals surface area contributed by atoms with E-state index in [-0.39, 0.29) is 24.0 Å². The first-order valence-electron chi connectivity index (χ1n) is 13.4. The second-order valence-electron chi connectivity index (χ2n) is 12.3. The number of aliphatic hydroxyl groups is 1. The van der Waals surface area contributed by atoms with Crippen LogP contribution in [0.4, 0.5) is 0 Å². The molecule has 0 spiro atoms. The zero-order valence-electron chi connectivity index (χ0n) is 20.3. The summed E-state index contributed by atoms with van der Waals surface area (Å²) >= 11 is 0. The highest BCUT2D eigenvalue weighted by Gasteiger charge is 2.72. The van der Waals surface area contributed by atoms with Crippen molar-refractivity contribution in [3.05, 3.63) is 18.5 Å². The van der Waals surface area contributed by atoms with Crippen molar-refractivity contribution < 1.29 is 14.6 Å². The summed E-state index contributed by atoms with van der Waals surface area (Å²) in [6.45, 7) is 2.67. The number of ketones is 1. The van der Waals surface area contributed by atoms with Gasteiger partial charge in [0.05, 0.1) is 17.9 Å². The molecule has 5 fully saturated rings. The van der Waals surface area contributed by atoms with Gasteiger partial charge in [-0.2, -0.15) is 15.0 Å². The zero-order valence-corrected chi connectivity index (χ0v) is 20.3. The Kier molecular flexibility index (Phi) is 4.62. The average Bonchev–Trinajstić information content (AvgIpc) is 3.08. The lowest BCUT2D eigenvalue weighted by Gasteiger charge is -2.55. The van der Waals surface area contributed by atoms with E-state index in [0.717, 1.165) is 54.5 Å². The van der Waals surface area contributed by atoms with E-state index in [4.69, 9.17) is 4.74 Å². The van der Waals surface area contributed by atoms with Crippen molar-refractivity contribution in [2.24, 2.45) is 46.8 Å². The maximum Gasteiger partial charge on any atom is 0.159 e. The summed E-state index contributed by atoms with van der Waals surface area (Å²) < 4.78 is 5.69. The number of ether oxygens (including phenoxy) is 1. The van der Waals surface area contributed by atoms with Gasteiger partial charge in [-0.1, -0.05) is 6.92 Å². The van der Waals surface area contributed by atoms with Gasteiger partial charge < -0.3 is 9.84 Å². The lowest BCUT2D eigenvalue weighted by atomic mass is 9.49. The number of hydrogen-bond donors (Lipinski definition) is 1. The Labute approximate surface area is 200 Å². The van der Waals surface area contributed by atoms with Gasteiger partial charge in [-0.05, 0) is 92.4 Å². The molecule has 10 atom stereocenters. The van der Waals surface area contributed by atoms with Crippen LogP contribution in [0.3, 0.4) is 0 Å². The van der Waals surface area contributed by atoms with E-state index < -0.39 is 5.60 Å². The molecule has 0 saturated heterocycles. The molecule has 34 heavy (non-hydrogen) atoms. The number of Topliss-reactive ketones (excluding diaryl/α,β-unsaturated/α-hetero) is 1. The van der Waals surface area contributed by atoms with E-state index in [1.165, 1.54) is 25.7 Å². The molecule has 0 amide bonds. The first kappa shape index (κ1) is 21.4. The first-order valence-corrected chi connectivity index (χ1v) is 13.4. The van der Waals surface area contributed by atoms with E-state index in [1.54, 1.807) is 24.3 Å². The number of pyridine rings is 1. The predicted octanol–water partition coefficient (Wildman–Crippen LogP) is 3.65. The fraction of sp³-hybridized carbons (Fsp3) is 0.778. The lowest BCUT2D eigenvalue weighted by Crippen LogP contribution is -2.50. The van der Waals surface area contributed by atoms with Gasteiger partial charge >= 0.3 is 0 Å². The van der Waals surface area contributed by atoms with Crippen molar-refractivity contribution in [3.8, 4) is 0 Å². The highest BCUT2D eigenvalue weighted by atomic mass is 16.5. The van der Waals surface area contributed by atoms with E-state index in [1.807, 2.05) is 6.07 Å². The molecule has 7 rings (SSSR count). The number of carbonyl (C=O) groups is 1. The summed E-state index contributed by atoms with van der Waals surface area (Å²) in [4.78, 5) is 19.2. The molecule has 7 nitrogen and oxygen atoms in total. The van der Waals surface area contributed by atoms with Crippen molar-refractivity contribution in [2.45, 2.75) is 76.5 Å². The first-order chi connectivity index (χ1) is 16.4. The van der Waals surface area contributed by atoms with Crippen LogP contribution >= 0.6 is 0 Å². The van der Waals surface area contributed by atoms with Gasteiger partial charge in [-0.25, -0.2) is 0 Å². The Morgan fingerprint density at radius 3 is 2.65 bits per heavy atom. The molecule has 2 aromatic heterocycles. The van der Waals surface area contributed by atoms with Gasteiger partial charge in [0.25, 0.3) is 0 Å². The minimum absolute atomic E-state index is 0.0599. The van der Waals surface area contributed by atoms with Gasteiger partial charge in [0, 0.05) is 25.1 Å². The maximum atomic E-state index is 13.5. The Bertz CT molecular complexity index is 1100. The molecule has 0 aliphatic heterocycles. The van der Waals surface area contributed by atoms with Crippen LogP contribution in [0.15, 0.2) is 18.5 Å². The second-order valence-corrected chi connectivity index (χ2v) is 12.3. The minimum Gasteiger partial charge on any atom is -0.387 e. The molecule has 2 aromatic rings. The van der Waals surface area contributed by atoms with Crippen LogP contribution < -0.4 is 0 Å². The highest BCUT2D eigenvalue weighted by Crippen LogP contribution is 2.69. The van der Waals surface area contributed by atoms with Crippen LogP contribution in [-0.2, 0) is 16.1 Å². The van der Waals surface area contributed by atoms with Gasteiger partial charge in [-0.15, -0.1) is 0 Å². The molecule has 0 radical (unpaired) electrons. The van der Waals surface area contributed by atoms with Crippen LogP contribution in [-0.4, -0.2) is 49.7 Å². The monoisotopic (exact) mass is 464 g/mol. The molecule has 182 valence electrons. The summed E-state index contributed by atoms with van der Waals surface area (Å²) in [5, 5.41) is 20.0. The zero-order chi connectivity index (χ0) is 23.2. The van der Waals surface area contributed by atoms with Crippen molar-refractivity contribution in [1.29, 1.82) is 0 Å². The van der Waals surface area contributed by atoms with Crippen molar-refractivity contribution in [2.75, 3.05) is 7.11 Å². The number of hydrogen-bond acceptors (Lipinski definition) is 6. The lowest BCUT2D eigenvalue weighted by molar-refractivity contribution is -0.132. The summed E-state index contributed by atoms with van der Waals surface area (Å²) in [5.74, 6) is 4.28.